The fourth-order valence-electron chi connectivity index (χ4n) is 2.34. The molecule has 0 radical (unpaired) electrons. The van der Waals surface area contributed by atoms with Crippen molar-refractivity contribution >= 4 is 23.6 Å². The maximum Gasteiger partial charge on any atom is 0.289 e. The van der Waals surface area contributed by atoms with Gasteiger partial charge in [-0.1, -0.05) is 36.6 Å². The highest BCUT2D eigenvalue weighted by molar-refractivity contribution is 7.99. The van der Waals surface area contributed by atoms with E-state index in [-0.39, 0.29) is 16.4 Å². The van der Waals surface area contributed by atoms with Gasteiger partial charge in [-0.25, -0.2) is 0 Å². The highest BCUT2D eigenvalue weighted by Crippen LogP contribution is 2.34. The van der Waals surface area contributed by atoms with E-state index >= 15 is 0 Å². The number of hydrogen-bond acceptors (Lipinski definition) is 5. The third kappa shape index (κ3) is 5.85. The molecule has 0 fully saturated rings. The molecule has 0 N–H and O–H groups in total. The Morgan fingerprint density at radius 1 is 1.11 bits per heavy atom. The minimum absolute atomic E-state index is 0.231. The maximum atomic E-state index is 12.6. The number of ether oxygens (including phenoxy) is 3. The first-order valence-electron chi connectivity index (χ1n) is 8.25. The van der Waals surface area contributed by atoms with Crippen molar-refractivity contribution in [3.63, 3.8) is 0 Å². The Bertz CT molecular complexity index is 865. The van der Waals surface area contributed by atoms with Gasteiger partial charge >= 0.3 is 0 Å². The summed E-state index contributed by atoms with van der Waals surface area (Å²) < 4.78 is 41.0. The van der Waals surface area contributed by atoms with Crippen LogP contribution < -0.4 is 14.2 Å². The quantitative estimate of drug-likeness (QED) is 0.226. The van der Waals surface area contributed by atoms with Crippen molar-refractivity contribution in [3.05, 3.63) is 66.3 Å². The number of allylic oxidation sites excluding steroid dienone is 1. The highest BCUT2D eigenvalue weighted by atomic mass is 32.2. The summed E-state index contributed by atoms with van der Waals surface area (Å²) in [7, 11) is 2.90. The van der Waals surface area contributed by atoms with E-state index in [0.717, 1.165) is 5.56 Å². The van der Waals surface area contributed by atoms with E-state index in [1.165, 1.54) is 38.5 Å². The molecule has 7 heteroatoms. The number of thioether (sulfide) groups is 1. The van der Waals surface area contributed by atoms with Crippen LogP contribution in [0.5, 0.6) is 17.2 Å². The average molecular weight is 406 g/mol. The van der Waals surface area contributed by atoms with E-state index in [1.54, 1.807) is 30.4 Å². The summed E-state index contributed by atoms with van der Waals surface area (Å²) in [5.74, 6) is -1.51. The Morgan fingerprint density at radius 2 is 1.86 bits per heavy atom. The molecule has 2 aromatic rings. The Morgan fingerprint density at radius 3 is 2.50 bits per heavy atom. The Labute approximate surface area is 166 Å². The minimum atomic E-state index is -2.57. The SMILES string of the molecule is C=CCOc1ccc(C=CC(=O)c2ccc(SC(F)F)c(OC)c2)cc1OC. The molecule has 0 aromatic heterocycles. The van der Waals surface area contributed by atoms with Gasteiger partial charge in [0.2, 0.25) is 0 Å². The first-order chi connectivity index (χ1) is 13.5. The van der Waals surface area contributed by atoms with E-state index in [4.69, 9.17) is 14.2 Å². The number of ketones is 1. The molecule has 0 aliphatic rings. The van der Waals surface area contributed by atoms with Crippen LogP contribution in [0, 0.1) is 0 Å². The molecule has 0 aliphatic heterocycles. The Balaban J connectivity index is 2.17. The summed E-state index contributed by atoms with van der Waals surface area (Å²) >= 11 is 0.372. The third-order valence-corrected chi connectivity index (χ3v) is 4.41. The monoisotopic (exact) mass is 406 g/mol. The second kappa shape index (κ2) is 10.5. The number of halogens is 2. The van der Waals surface area contributed by atoms with E-state index in [2.05, 4.69) is 6.58 Å². The zero-order chi connectivity index (χ0) is 20.5. The van der Waals surface area contributed by atoms with Gasteiger partial charge < -0.3 is 14.2 Å². The zero-order valence-corrected chi connectivity index (χ0v) is 16.3. The van der Waals surface area contributed by atoms with Gasteiger partial charge in [-0.2, -0.15) is 8.78 Å². The van der Waals surface area contributed by atoms with Gasteiger partial charge in [0, 0.05) is 5.56 Å². The lowest BCUT2D eigenvalue weighted by Gasteiger charge is -2.10. The number of benzene rings is 2. The predicted octanol–water partition coefficient (Wildman–Crippen LogP) is 5.48. The van der Waals surface area contributed by atoms with Crippen LogP contribution in [-0.4, -0.2) is 32.4 Å². The summed E-state index contributed by atoms with van der Waals surface area (Å²) in [6, 6.07) is 9.66. The molecule has 28 heavy (non-hydrogen) atoms. The van der Waals surface area contributed by atoms with Crippen molar-refractivity contribution in [1.29, 1.82) is 0 Å². The topological polar surface area (TPSA) is 44.8 Å². The number of carbonyl (C=O) groups is 1. The molecule has 0 aliphatic carbocycles. The van der Waals surface area contributed by atoms with Gasteiger partial charge in [0.1, 0.15) is 12.4 Å². The molecule has 148 valence electrons. The van der Waals surface area contributed by atoms with Crippen LogP contribution in [0.1, 0.15) is 15.9 Å². The molecule has 2 rings (SSSR count). The van der Waals surface area contributed by atoms with Crippen LogP contribution in [0.3, 0.4) is 0 Å². The molecule has 0 unspecified atom stereocenters. The maximum absolute atomic E-state index is 12.6. The minimum Gasteiger partial charge on any atom is -0.496 e. The molecule has 0 bridgehead atoms. The summed E-state index contributed by atoms with van der Waals surface area (Å²) in [6.45, 7) is 3.95. The van der Waals surface area contributed by atoms with Gasteiger partial charge in [0.25, 0.3) is 5.76 Å². The van der Waals surface area contributed by atoms with Crippen LogP contribution in [-0.2, 0) is 0 Å². The lowest BCUT2D eigenvalue weighted by atomic mass is 10.1. The molecule has 4 nitrogen and oxygen atoms in total. The van der Waals surface area contributed by atoms with Crippen molar-refractivity contribution in [1.82, 2.24) is 0 Å². The van der Waals surface area contributed by atoms with Crippen LogP contribution in [0.2, 0.25) is 0 Å². The number of methoxy groups -OCH3 is 2. The van der Waals surface area contributed by atoms with Gasteiger partial charge in [-0.3, -0.25) is 4.79 Å². The van der Waals surface area contributed by atoms with Crippen LogP contribution >= 0.6 is 11.8 Å². The molecule has 0 spiro atoms. The van der Waals surface area contributed by atoms with Gasteiger partial charge in [-0.15, -0.1) is 0 Å². The summed E-state index contributed by atoms with van der Waals surface area (Å²) in [4.78, 5) is 12.7. The number of hydrogen-bond donors (Lipinski definition) is 0. The molecular weight excluding hydrogens is 386 g/mol. The van der Waals surface area contributed by atoms with Gasteiger partial charge in [-0.05, 0) is 42.0 Å². The van der Waals surface area contributed by atoms with E-state index in [1.807, 2.05) is 0 Å². The lowest BCUT2D eigenvalue weighted by molar-refractivity contribution is 0.104. The molecule has 0 amide bonds. The van der Waals surface area contributed by atoms with Crippen LogP contribution in [0.4, 0.5) is 8.78 Å². The van der Waals surface area contributed by atoms with Gasteiger partial charge in [0.15, 0.2) is 17.3 Å². The largest absolute Gasteiger partial charge is 0.496 e. The smallest absolute Gasteiger partial charge is 0.289 e. The Kier molecular flexibility index (Phi) is 8.07. The van der Waals surface area contributed by atoms with Crippen LogP contribution in [0.25, 0.3) is 6.08 Å². The predicted molar refractivity (Wildman–Crippen MR) is 107 cm³/mol. The van der Waals surface area contributed by atoms with Crippen LogP contribution in [0.15, 0.2) is 60.0 Å². The molecule has 0 saturated heterocycles. The molecule has 0 atom stereocenters. The highest BCUT2D eigenvalue weighted by Gasteiger charge is 2.13. The standard InChI is InChI=1S/C21H20F2O4S/c1-4-11-27-17-9-6-14(12-18(17)25-2)5-8-16(24)15-7-10-20(28-21(22)23)19(13-15)26-3/h4-10,12-13,21H,1,11H2,2-3H3. The zero-order valence-electron chi connectivity index (χ0n) is 15.5. The van der Waals surface area contributed by atoms with Crippen molar-refractivity contribution in [2.45, 2.75) is 10.7 Å². The second-order valence-corrected chi connectivity index (χ2v) is 6.48. The van der Waals surface area contributed by atoms with E-state index < -0.39 is 5.76 Å². The summed E-state index contributed by atoms with van der Waals surface area (Å²) in [5, 5.41) is 0. The molecule has 0 heterocycles. The summed E-state index contributed by atoms with van der Waals surface area (Å²) in [5.41, 5.74) is 1.08. The first kappa shape index (κ1) is 21.5. The fourth-order valence-corrected chi connectivity index (χ4v) is 2.94. The fraction of sp³-hybridized carbons (Fsp3) is 0.190. The Hall–Kier alpha value is -2.80. The third-order valence-electron chi connectivity index (χ3n) is 3.64. The molecule has 2 aromatic carbocycles. The van der Waals surface area contributed by atoms with Gasteiger partial charge in [0.05, 0.1) is 19.1 Å². The molecule has 0 saturated carbocycles. The number of carbonyl (C=O) groups excluding carboxylic acids is 1. The van der Waals surface area contributed by atoms with Crippen molar-refractivity contribution in [2.75, 3.05) is 20.8 Å². The van der Waals surface area contributed by atoms with E-state index in [0.29, 0.717) is 35.4 Å². The number of rotatable bonds is 10. The second-order valence-electron chi connectivity index (χ2n) is 5.45. The van der Waals surface area contributed by atoms with Crippen molar-refractivity contribution in [2.24, 2.45) is 0 Å². The average Bonchev–Trinajstić information content (AvgIpc) is 2.70. The first-order valence-corrected chi connectivity index (χ1v) is 9.13. The normalized spacial score (nSPS) is 10.9. The number of alkyl halides is 2. The summed E-state index contributed by atoms with van der Waals surface area (Å²) in [6.07, 6.45) is 4.66. The van der Waals surface area contributed by atoms with Crippen molar-refractivity contribution in [3.8, 4) is 17.2 Å². The van der Waals surface area contributed by atoms with E-state index in [9.17, 15) is 13.6 Å². The molecular formula is C21H20F2O4S. The van der Waals surface area contributed by atoms with Crippen molar-refractivity contribution < 1.29 is 27.8 Å². The lowest BCUT2D eigenvalue weighted by Crippen LogP contribution is -1.98.